The van der Waals surface area contributed by atoms with Gasteiger partial charge >= 0.3 is 0 Å². The van der Waals surface area contributed by atoms with E-state index < -0.39 is 0 Å². The van der Waals surface area contributed by atoms with E-state index in [2.05, 4.69) is 0 Å². The van der Waals surface area contributed by atoms with Crippen molar-refractivity contribution in [2.24, 2.45) is 0 Å². The number of hydrogen-bond acceptors (Lipinski definition) is 1. The average molecular weight is 118 g/mol. The number of halogens is 1. The molecule has 0 aliphatic heterocycles. The van der Waals surface area contributed by atoms with E-state index in [9.17, 15) is 4.39 Å². The molecule has 0 aliphatic rings. The van der Waals surface area contributed by atoms with Gasteiger partial charge in [0, 0.05) is 6.42 Å². The van der Waals surface area contributed by atoms with E-state index >= 15 is 0 Å². The van der Waals surface area contributed by atoms with Crippen LogP contribution in [-0.4, -0.2) is 13.8 Å². The molecule has 8 heavy (non-hydrogen) atoms. The van der Waals surface area contributed by atoms with Gasteiger partial charge in [0.2, 0.25) is 0 Å². The van der Waals surface area contributed by atoms with E-state index in [-0.39, 0.29) is 6.67 Å². The SMILES string of the molecule is CC=C(CCF)OC. The van der Waals surface area contributed by atoms with Gasteiger partial charge in [0.15, 0.2) is 0 Å². The molecule has 0 amide bonds. The van der Waals surface area contributed by atoms with Crippen molar-refractivity contribution in [2.75, 3.05) is 13.8 Å². The summed E-state index contributed by atoms with van der Waals surface area (Å²) in [5, 5.41) is 0. The van der Waals surface area contributed by atoms with Crippen LogP contribution in [0.2, 0.25) is 0 Å². The molecule has 0 aliphatic carbocycles. The van der Waals surface area contributed by atoms with Crippen molar-refractivity contribution in [1.82, 2.24) is 0 Å². The van der Waals surface area contributed by atoms with E-state index in [0.29, 0.717) is 12.2 Å². The van der Waals surface area contributed by atoms with Gasteiger partial charge in [-0.25, -0.2) is 0 Å². The molecule has 0 aromatic rings. The lowest BCUT2D eigenvalue weighted by molar-refractivity contribution is 0.265. The molecule has 1 nitrogen and oxygen atoms in total. The Hall–Kier alpha value is -0.530. The summed E-state index contributed by atoms with van der Waals surface area (Å²) in [4.78, 5) is 0. The fourth-order valence-corrected chi connectivity index (χ4v) is 0.457. The average Bonchev–Trinajstić information content (AvgIpc) is 1.83. The molecule has 0 spiro atoms. The van der Waals surface area contributed by atoms with Crippen LogP contribution >= 0.6 is 0 Å². The van der Waals surface area contributed by atoms with Crippen molar-refractivity contribution in [2.45, 2.75) is 13.3 Å². The minimum absolute atomic E-state index is 0.340. The summed E-state index contributed by atoms with van der Waals surface area (Å²) >= 11 is 0. The lowest BCUT2D eigenvalue weighted by Gasteiger charge is -1.99. The number of alkyl halides is 1. The molecule has 0 saturated carbocycles. The van der Waals surface area contributed by atoms with Gasteiger partial charge in [-0.2, -0.15) is 0 Å². The maximum atomic E-state index is 11.5. The van der Waals surface area contributed by atoms with Crippen LogP contribution in [0.4, 0.5) is 4.39 Å². The third kappa shape index (κ3) is 2.61. The third-order valence-corrected chi connectivity index (χ3v) is 0.925. The molecule has 2 heteroatoms. The summed E-state index contributed by atoms with van der Waals surface area (Å²) < 4.78 is 16.3. The Morgan fingerprint density at radius 3 is 2.50 bits per heavy atom. The normalized spacial score (nSPS) is 11.6. The van der Waals surface area contributed by atoms with Crippen LogP contribution in [0, 0.1) is 0 Å². The lowest BCUT2D eigenvalue weighted by atomic mass is 10.4. The summed E-state index contributed by atoms with van der Waals surface area (Å²) in [6.45, 7) is 1.49. The molecule has 0 N–H and O–H groups in total. The van der Waals surface area contributed by atoms with E-state index in [1.807, 2.05) is 6.92 Å². The molecule has 0 fully saturated rings. The molecule has 0 rings (SSSR count). The monoisotopic (exact) mass is 118 g/mol. The number of rotatable bonds is 3. The van der Waals surface area contributed by atoms with Crippen LogP contribution in [0.25, 0.3) is 0 Å². The largest absolute Gasteiger partial charge is 0.501 e. The zero-order valence-electron chi connectivity index (χ0n) is 5.28. The van der Waals surface area contributed by atoms with Gasteiger partial charge in [-0.15, -0.1) is 0 Å². The maximum Gasteiger partial charge on any atom is 0.0964 e. The highest BCUT2D eigenvalue weighted by molar-refractivity contribution is 4.89. The van der Waals surface area contributed by atoms with Crippen LogP contribution in [0.15, 0.2) is 11.8 Å². The molecule has 0 bridgehead atoms. The fourth-order valence-electron chi connectivity index (χ4n) is 0.457. The first-order chi connectivity index (χ1) is 3.85. The second-order valence-corrected chi connectivity index (χ2v) is 1.40. The molecular weight excluding hydrogens is 107 g/mol. The molecule has 0 heterocycles. The minimum Gasteiger partial charge on any atom is -0.501 e. The Kier molecular flexibility index (Phi) is 4.32. The smallest absolute Gasteiger partial charge is 0.0964 e. The fraction of sp³-hybridized carbons (Fsp3) is 0.667. The predicted molar refractivity (Wildman–Crippen MR) is 31.4 cm³/mol. The van der Waals surface area contributed by atoms with Crippen molar-refractivity contribution in [3.63, 3.8) is 0 Å². The second-order valence-electron chi connectivity index (χ2n) is 1.40. The van der Waals surface area contributed by atoms with E-state index in [1.165, 1.54) is 0 Å². The maximum absolute atomic E-state index is 11.5. The van der Waals surface area contributed by atoms with Crippen molar-refractivity contribution < 1.29 is 9.13 Å². The molecule has 0 radical (unpaired) electrons. The molecule has 0 aromatic heterocycles. The summed E-state index contributed by atoms with van der Waals surface area (Å²) in [7, 11) is 1.55. The van der Waals surface area contributed by atoms with E-state index in [0.717, 1.165) is 0 Å². The lowest BCUT2D eigenvalue weighted by Crippen LogP contribution is -1.86. The first-order valence-corrected chi connectivity index (χ1v) is 2.60. The quantitative estimate of drug-likeness (QED) is 0.514. The van der Waals surface area contributed by atoms with Gasteiger partial charge in [0.25, 0.3) is 0 Å². The van der Waals surface area contributed by atoms with Crippen molar-refractivity contribution in [3.8, 4) is 0 Å². The number of hydrogen-bond donors (Lipinski definition) is 0. The highest BCUT2D eigenvalue weighted by Crippen LogP contribution is 2.00. The Bertz CT molecular complexity index is 78.6. The van der Waals surface area contributed by atoms with Crippen LogP contribution in [-0.2, 0) is 4.74 Å². The molecule has 0 atom stereocenters. The Morgan fingerprint density at radius 1 is 1.75 bits per heavy atom. The summed E-state index contributed by atoms with van der Waals surface area (Å²) in [6.07, 6.45) is 2.16. The van der Waals surface area contributed by atoms with Gasteiger partial charge in [-0.1, -0.05) is 0 Å². The zero-order valence-corrected chi connectivity index (χ0v) is 5.28. The van der Waals surface area contributed by atoms with Gasteiger partial charge in [0.1, 0.15) is 0 Å². The van der Waals surface area contributed by atoms with E-state index in [1.54, 1.807) is 13.2 Å². The number of methoxy groups -OCH3 is 1. The highest BCUT2D eigenvalue weighted by atomic mass is 19.1. The highest BCUT2D eigenvalue weighted by Gasteiger charge is 1.90. The summed E-state index contributed by atoms with van der Waals surface area (Å²) in [6, 6.07) is 0. The Morgan fingerprint density at radius 2 is 2.38 bits per heavy atom. The molecule has 0 saturated heterocycles. The van der Waals surface area contributed by atoms with Crippen molar-refractivity contribution in [1.29, 1.82) is 0 Å². The first-order valence-electron chi connectivity index (χ1n) is 2.60. The molecule has 0 aromatic carbocycles. The van der Waals surface area contributed by atoms with Crippen LogP contribution in [0.5, 0.6) is 0 Å². The Labute approximate surface area is 49.2 Å². The van der Waals surface area contributed by atoms with Gasteiger partial charge in [-0.3, -0.25) is 4.39 Å². The minimum atomic E-state index is -0.340. The first kappa shape index (κ1) is 7.47. The second kappa shape index (κ2) is 4.62. The summed E-state index contributed by atoms with van der Waals surface area (Å²) in [5.74, 6) is 0.715. The van der Waals surface area contributed by atoms with Crippen LogP contribution in [0.3, 0.4) is 0 Å². The van der Waals surface area contributed by atoms with Crippen LogP contribution < -0.4 is 0 Å². The molecule has 48 valence electrons. The zero-order chi connectivity index (χ0) is 6.41. The topological polar surface area (TPSA) is 9.23 Å². The standard InChI is InChI=1S/C6H11FO/c1-3-6(8-2)4-5-7/h3H,4-5H2,1-2H3. The molecule has 0 unspecified atom stereocenters. The Balaban J connectivity index is 3.38. The molecular formula is C6H11FO. The van der Waals surface area contributed by atoms with Crippen molar-refractivity contribution in [3.05, 3.63) is 11.8 Å². The van der Waals surface area contributed by atoms with E-state index in [4.69, 9.17) is 4.74 Å². The van der Waals surface area contributed by atoms with Gasteiger partial charge < -0.3 is 4.74 Å². The van der Waals surface area contributed by atoms with Gasteiger partial charge in [0.05, 0.1) is 19.5 Å². The predicted octanol–water partition coefficient (Wildman–Crippen LogP) is 1.90. The van der Waals surface area contributed by atoms with Crippen molar-refractivity contribution >= 4 is 0 Å². The third-order valence-electron chi connectivity index (χ3n) is 0.925. The summed E-state index contributed by atoms with van der Waals surface area (Å²) in [5.41, 5.74) is 0. The number of allylic oxidation sites excluding steroid dienone is 2. The van der Waals surface area contributed by atoms with Gasteiger partial charge in [-0.05, 0) is 13.0 Å². The van der Waals surface area contributed by atoms with Crippen LogP contribution in [0.1, 0.15) is 13.3 Å². The number of ether oxygens (including phenoxy) is 1.